The fraction of sp³-hybridized carbons (Fsp3) is 0.182. The number of nitrogens with one attached hydrogen (secondary N) is 1. The molecule has 2 rings (SSSR count). The van der Waals surface area contributed by atoms with Gasteiger partial charge in [-0.05, 0) is 24.3 Å². The van der Waals surface area contributed by atoms with Crippen molar-refractivity contribution < 1.29 is 18.3 Å². The van der Waals surface area contributed by atoms with Crippen LogP contribution in [0, 0.1) is 0 Å². The Morgan fingerprint density at radius 3 is 2.45 bits per heavy atom. The molecule has 3 N–H and O–H groups in total. The van der Waals surface area contributed by atoms with E-state index >= 15 is 0 Å². The van der Waals surface area contributed by atoms with Crippen molar-refractivity contribution >= 4 is 17.6 Å². The number of nitrogens with zero attached hydrogens (tertiary/aromatic N) is 3. The van der Waals surface area contributed by atoms with Crippen LogP contribution in [0.15, 0.2) is 24.3 Å². The van der Waals surface area contributed by atoms with Gasteiger partial charge in [0, 0.05) is 5.69 Å². The number of nitrogen functional groups attached to an aromatic ring is 1. The topological polar surface area (TPSA) is 95.2 Å². The van der Waals surface area contributed by atoms with Crippen LogP contribution in [0.3, 0.4) is 0 Å². The Bertz CT molecular complexity index is 580. The van der Waals surface area contributed by atoms with Crippen LogP contribution in [-0.4, -0.2) is 28.7 Å². The van der Waals surface area contributed by atoms with Crippen LogP contribution in [0.1, 0.15) is 0 Å². The molecule has 0 fully saturated rings. The monoisotopic (exact) mass is 283 g/mol. The van der Waals surface area contributed by atoms with E-state index in [1.807, 2.05) is 0 Å². The average Bonchev–Trinajstić information content (AvgIpc) is 2.39. The molecule has 0 saturated carbocycles. The van der Waals surface area contributed by atoms with Gasteiger partial charge in [0.15, 0.2) is 0 Å². The second kappa shape index (κ2) is 5.95. The Labute approximate surface area is 112 Å². The number of hydrogen-bond donors (Lipinski definition) is 2. The lowest BCUT2D eigenvalue weighted by molar-refractivity contribution is -0.0498. The molecule has 0 bridgehead atoms. The molecular weight excluding hydrogens is 272 g/mol. The normalized spacial score (nSPS) is 10.4. The minimum absolute atomic E-state index is 0.00277. The summed E-state index contributed by atoms with van der Waals surface area (Å²) in [5, 5.41) is 2.83. The van der Waals surface area contributed by atoms with E-state index in [1.165, 1.54) is 31.4 Å². The Morgan fingerprint density at radius 2 is 1.85 bits per heavy atom. The summed E-state index contributed by atoms with van der Waals surface area (Å²) in [6.45, 7) is -2.86. The van der Waals surface area contributed by atoms with Crippen molar-refractivity contribution in [1.29, 1.82) is 0 Å². The minimum Gasteiger partial charge on any atom is -0.467 e. The number of hydrogen-bond acceptors (Lipinski definition) is 7. The molecule has 0 unspecified atom stereocenters. The highest BCUT2D eigenvalue weighted by atomic mass is 19.3. The number of nitrogens with two attached hydrogens (primary N) is 1. The zero-order valence-corrected chi connectivity index (χ0v) is 10.4. The van der Waals surface area contributed by atoms with E-state index in [9.17, 15) is 8.78 Å². The summed E-state index contributed by atoms with van der Waals surface area (Å²) in [4.78, 5) is 11.5. The van der Waals surface area contributed by atoms with Gasteiger partial charge in [-0.1, -0.05) is 0 Å². The van der Waals surface area contributed by atoms with Crippen LogP contribution >= 0.6 is 0 Å². The molecule has 1 aromatic carbocycles. The van der Waals surface area contributed by atoms with Crippen molar-refractivity contribution in [2.24, 2.45) is 0 Å². The first-order valence-electron chi connectivity index (χ1n) is 5.44. The number of benzene rings is 1. The predicted octanol–water partition coefficient (Wildman–Crippen LogP) is 1.81. The molecule has 106 valence electrons. The molecule has 0 radical (unpaired) electrons. The molecule has 0 aliphatic carbocycles. The zero-order valence-electron chi connectivity index (χ0n) is 10.4. The quantitative estimate of drug-likeness (QED) is 0.863. The van der Waals surface area contributed by atoms with Gasteiger partial charge in [-0.3, -0.25) is 0 Å². The Kier molecular flexibility index (Phi) is 4.08. The molecule has 0 aliphatic rings. The molecule has 0 spiro atoms. The zero-order chi connectivity index (χ0) is 14.5. The maximum atomic E-state index is 12.0. The van der Waals surface area contributed by atoms with Gasteiger partial charge in [0.1, 0.15) is 5.75 Å². The van der Waals surface area contributed by atoms with Crippen LogP contribution < -0.4 is 20.5 Å². The molecule has 1 heterocycles. The van der Waals surface area contributed by atoms with E-state index < -0.39 is 6.61 Å². The number of ether oxygens (including phenoxy) is 2. The second-order valence-corrected chi connectivity index (χ2v) is 3.53. The fourth-order valence-electron chi connectivity index (χ4n) is 1.37. The van der Waals surface area contributed by atoms with Gasteiger partial charge >= 0.3 is 12.6 Å². The highest BCUT2D eigenvalue weighted by Crippen LogP contribution is 2.20. The average molecular weight is 283 g/mol. The van der Waals surface area contributed by atoms with Crippen LogP contribution in [0.5, 0.6) is 11.8 Å². The molecule has 7 nitrogen and oxygen atoms in total. The number of anilines is 3. The Morgan fingerprint density at radius 1 is 1.15 bits per heavy atom. The number of halogens is 2. The largest absolute Gasteiger partial charge is 0.467 e. The van der Waals surface area contributed by atoms with Gasteiger partial charge in [0.05, 0.1) is 7.11 Å². The van der Waals surface area contributed by atoms with E-state index in [4.69, 9.17) is 10.5 Å². The highest BCUT2D eigenvalue weighted by Gasteiger charge is 2.06. The van der Waals surface area contributed by atoms with Crippen LogP contribution in [0.2, 0.25) is 0 Å². The smallest absolute Gasteiger partial charge is 0.387 e. The van der Waals surface area contributed by atoms with Crippen molar-refractivity contribution in [3.8, 4) is 11.8 Å². The molecular formula is C11H11F2N5O2. The second-order valence-electron chi connectivity index (χ2n) is 3.53. The minimum atomic E-state index is -2.86. The van der Waals surface area contributed by atoms with Gasteiger partial charge in [-0.2, -0.15) is 23.7 Å². The van der Waals surface area contributed by atoms with E-state index in [2.05, 4.69) is 25.0 Å². The van der Waals surface area contributed by atoms with Crippen molar-refractivity contribution in [2.45, 2.75) is 6.61 Å². The summed E-state index contributed by atoms with van der Waals surface area (Å²) >= 11 is 0. The molecule has 9 heteroatoms. The Hall–Kier alpha value is -2.71. The molecule has 0 atom stereocenters. The third kappa shape index (κ3) is 3.64. The summed E-state index contributed by atoms with van der Waals surface area (Å²) in [6.07, 6.45) is 0. The maximum Gasteiger partial charge on any atom is 0.387 e. The van der Waals surface area contributed by atoms with E-state index in [-0.39, 0.29) is 23.7 Å². The van der Waals surface area contributed by atoms with Crippen LogP contribution in [0.4, 0.5) is 26.4 Å². The van der Waals surface area contributed by atoms with E-state index in [0.717, 1.165) is 0 Å². The van der Waals surface area contributed by atoms with Gasteiger partial charge in [-0.25, -0.2) is 0 Å². The first-order valence-corrected chi connectivity index (χ1v) is 5.44. The maximum absolute atomic E-state index is 12.0. The number of aromatic nitrogens is 3. The molecule has 20 heavy (non-hydrogen) atoms. The van der Waals surface area contributed by atoms with Crippen molar-refractivity contribution in [3.05, 3.63) is 24.3 Å². The predicted molar refractivity (Wildman–Crippen MR) is 67.1 cm³/mol. The van der Waals surface area contributed by atoms with Crippen LogP contribution in [0.25, 0.3) is 0 Å². The molecule has 0 saturated heterocycles. The third-order valence-electron chi connectivity index (χ3n) is 2.15. The summed E-state index contributed by atoms with van der Waals surface area (Å²) < 4.78 is 33.1. The molecule has 2 aromatic rings. The van der Waals surface area contributed by atoms with Crippen molar-refractivity contribution in [1.82, 2.24) is 15.0 Å². The van der Waals surface area contributed by atoms with Crippen molar-refractivity contribution in [2.75, 3.05) is 18.2 Å². The molecule has 0 amide bonds. The first kappa shape index (κ1) is 13.7. The molecule has 0 aliphatic heterocycles. The lowest BCUT2D eigenvalue weighted by Gasteiger charge is -2.08. The number of alkyl halides is 2. The molecule has 1 aromatic heterocycles. The van der Waals surface area contributed by atoms with E-state index in [0.29, 0.717) is 5.69 Å². The summed E-state index contributed by atoms with van der Waals surface area (Å²) in [5.41, 5.74) is 6.05. The van der Waals surface area contributed by atoms with Gasteiger partial charge in [0.2, 0.25) is 11.9 Å². The highest BCUT2D eigenvalue weighted by molar-refractivity contribution is 5.55. The standard InChI is InChI=1S/C11H11F2N5O2/c1-19-11-17-9(14)16-10(18-11)15-6-2-4-7(5-3-6)20-8(12)13/h2-5,8H,1H3,(H3,14,15,16,17,18). The summed E-state index contributed by atoms with van der Waals surface area (Å²) in [5.74, 6) is 0.229. The van der Waals surface area contributed by atoms with Crippen molar-refractivity contribution in [3.63, 3.8) is 0 Å². The number of methoxy groups -OCH3 is 1. The van der Waals surface area contributed by atoms with Gasteiger partial charge < -0.3 is 20.5 Å². The lowest BCUT2D eigenvalue weighted by Crippen LogP contribution is -2.05. The van der Waals surface area contributed by atoms with Gasteiger partial charge in [0.25, 0.3) is 0 Å². The summed E-state index contributed by atoms with van der Waals surface area (Å²) in [7, 11) is 1.40. The Balaban J connectivity index is 2.11. The summed E-state index contributed by atoms with van der Waals surface area (Å²) in [6, 6.07) is 5.90. The van der Waals surface area contributed by atoms with Gasteiger partial charge in [-0.15, -0.1) is 0 Å². The lowest BCUT2D eigenvalue weighted by atomic mass is 10.3. The van der Waals surface area contributed by atoms with Crippen LogP contribution in [-0.2, 0) is 0 Å². The first-order chi connectivity index (χ1) is 9.56. The van der Waals surface area contributed by atoms with E-state index in [1.54, 1.807) is 0 Å². The SMILES string of the molecule is COc1nc(N)nc(Nc2ccc(OC(F)F)cc2)n1. The fourth-order valence-corrected chi connectivity index (χ4v) is 1.37. The third-order valence-corrected chi connectivity index (χ3v) is 2.15. The number of rotatable bonds is 5.